The second-order valence-corrected chi connectivity index (χ2v) is 9.22. The van der Waals surface area contributed by atoms with Crippen LogP contribution in [0.5, 0.6) is 0 Å². The van der Waals surface area contributed by atoms with Gasteiger partial charge in [0.15, 0.2) is 0 Å². The van der Waals surface area contributed by atoms with Gasteiger partial charge in [0.1, 0.15) is 5.82 Å². The maximum Gasteiger partial charge on any atom is 0.145 e. The van der Waals surface area contributed by atoms with E-state index in [4.69, 9.17) is 4.98 Å². The third kappa shape index (κ3) is 3.62. The van der Waals surface area contributed by atoms with Crippen LogP contribution in [0.15, 0.2) is 146 Å². The number of benzene rings is 6. The van der Waals surface area contributed by atoms with Crippen molar-refractivity contribution < 1.29 is 0 Å². The summed E-state index contributed by atoms with van der Waals surface area (Å²) in [6.07, 6.45) is 0. The Balaban J connectivity index is 1.67. The summed E-state index contributed by atoms with van der Waals surface area (Å²) in [7, 11) is 0. The fraction of sp³-hybridized carbons (Fsp3) is 0. The summed E-state index contributed by atoms with van der Waals surface area (Å²) in [6.45, 7) is 0. The van der Waals surface area contributed by atoms with Crippen molar-refractivity contribution >= 4 is 21.5 Å². The van der Waals surface area contributed by atoms with E-state index in [0.717, 1.165) is 34.0 Å². The largest absolute Gasteiger partial charge is 0.292 e. The molecule has 0 fully saturated rings. The van der Waals surface area contributed by atoms with Crippen LogP contribution in [0.2, 0.25) is 0 Å². The summed E-state index contributed by atoms with van der Waals surface area (Å²) in [5, 5.41) is 4.83. The molecule has 0 saturated heterocycles. The molecule has 6 aromatic carbocycles. The highest BCUT2D eigenvalue weighted by atomic mass is 15.1. The molecule has 0 amide bonds. The van der Waals surface area contributed by atoms with Crippen molar-refractivity contribution in [1.29, 1.82) is 0 Å². The van der Waals surface area contributed by atoms with Crippen LogP contribution in [-0.4, -0.2) is 9.55 Å². The minimum Gasteiger partial charge on any atom is -0.292 e. The van der Waals surface area contributed by atoms with Gasteiger partial charge in [0.25, 0.3) is 0 Å². The molecule has 0 bridgehead atoms. The summed E-state index contributed by atoms with van der Waals surface area (Å²) < 4.78 is 2.33. The topological polar surface area (TPSA) is 17.8 Å². The second kappa shape index (κ2) is 8.92. The van der Waals surface area contributed by atoms with Gasteiger partial charge < -0.3 is 0 Å². The average Bonchev–Trinajstić information content (AvgIpc) is 3.38. The van der Waals surface area contributed by atoms with Crippen molar-refractivity contribution in [3.63, 3.8) is 0 Å². The van der Waals surface area contributed by atoms with Crippen LogP contribution in [-0.2, 0) is 0 Å². The van der Waals surface area contributed by atoms with Crippen molar-refractivity contribution in [2.75, 3.05) is 0 Å². The van der Waals surface area contributed by atoms with Crippen molar-refractivity contribution in [3.8, 4) is 39.6 Å². The van der Waals surface area contributed by atoms with Crippen LogP contribution in [0.3, 0.4) is 0 Å². The first kappa shape index (κ1) is 21.3. The zero-order valence-electron chi connectivity index (χ0n) is 20.3. The first-order valence-electron chi connectivity index (χ1n) is 12.6. The number of hydrogen-bond donors (Lipinski definition) is 0. The molecule has 1 aromatic heterocycles. The first-order valence-corrected chi connectivity index (χ1v) is 12.6. The van der Waals surface area contributed by atoms with Crippen molar-refractivity contribution in [1.82, 2.24) is 9.55 Å². The van der Waals surface area contributed by atoms with Gasteiger partial charge in [-0.3, -0.25) is 4.57 Å². The number of imidazole rings is 1. The molecule has 0 spiro atoms. The van der Waals surface area contributed by atoms with Gasteiger partial charge >= 0.3 is 0 Å². The Hall–Kier alpha value is -4.95. The number of rotatable bonds is 4. The van der Waals surface area contributed by atoms with Crippen LogP contribution in [0.25, 0.3) is 61.1 Å². The highest BCUT2D eigenvalue weighted by Crippen LogP contribution is 2.42. The number of fused-ring (bicyclic) bond motifs is 2. The molecule has 2 nitrogen and oxygen atoms in total. The van der Waals surface area contributed by atoms with Gasteiger partial charge in [-0.05, 0) is 33.7 Å². The number of aromatic nitrogens is 2. The van der Waals surface area contributed by atoms with E-state index in [1.165, 1.54) is 27.1 Å². The van der Waals surface area contributed by atoms with Crippen LogP contribution >= 0.6 is 0 Å². The highest BCUT2D eigenvalue weighted by Gasteiger charge is 2.24. The molecule has 0 aliphatic carbocycles. The third-order valence-corrected chi connectivity index (χ3v) is 7.01. The number of para-hydroxylation sites is 1. The predicted octanol–water partition coefficient (Wildman–Crippen LogP) is 9.18. The summed E-state index contributed by atoms with van der Waals surface area (Å²) in [4.78, 5) is 5.42. The number of hydrogen-bond acceptors (Lipinski definition) is 1. The normalized spacial score (nSPS) is 11.2. The molecule has 7 rings (SSSR count). The lowest BCUT2D eigenvalue weighted by atomic mass is 9.96. The Morgan fingerprint density at radius 3 is 1.62 bits per heavy atom. The van der Waals surface area contributed by atoms with Crippen LogP contribution < -0.4 is 0 Å². The summed E-state index contributed by atoms with van der Waals surface area (Å²) >= 11 is 0. The fourth-order valence-corrected chi connectivity index (χ4v) is 5.33. The van der Waals surface area contributed by atoms with Crippen LogP contribution in [0, 0.1) is 0 Å². The minimum atomic E-state index is 0.928. The molecule has 0 radical (unpaired) electrons. The molecule has 0 saturated carbocycles. The van der Waals surface area contributed by atoms with Crippen molar-refractivity contribution in [2.24, 2.45) is 0 Å². The van der Waals surface area contributed by atoms with Gasteiger partial charge in [0.2, 0.25) is 0 Å². The van der Waals surface area contributed by atoms with Gasteiger partial charge in [-0.15, -0.1) is 0 Å². The van der Waals surface area contributed by atoms with E-state index >= 15 is 0 Å². The SMILES string of the molecule is c1ccc(-c2nc(-c3cccc4ccccc34)c(-c3cccc4ccccc34)n2-c2ccccc2)cc1. The van der Waals surface area contributed by atoms with Crippen LogP contribution in [0.4, 0.5) is 0 Å². The van der Waals surface area contributed by atoms with Crippen LogP contribution in [0.1, 0.15) is 0 Å². The van der Waals surface area contributed by atoms with Gasteiger partial charge in [0.05, 0.1) is 11.4 Å². The molecule has 2 heteroatoms. The maximum absolute atomic E-state index is 5.42. The predicted molar refractivity (Wildman–Crippen MR) is 155 cm³/mol. The molecule has 0 unspecified atom stereocenters. The lowest BCUT2D eigenvalue weighted by molar-refractivity contribution is 1.07. The van der Waals surface area contributed by atoms with E-state index in [-0.39, 0.29) is 0 Å². The van der Waals surface area contributed by atoms with Crippen molar-refractivity contribution in [3.05, 3.63) is 146 Å². The molecule has 7 aromatic rings. The number of nitrogens with zero attached hydrogens (tertiary/aromatic N) is 2. The van der Waals surface area contributed by atoms with E-state index in [2.05, 4.69) is 150 Å². The molecule has 1 heterocycles. The Bertz CT molecular complexity index is 1850. The summed E-state index contributed by atoms with van der Waals surface area (Å²) in [6, 6.07) is 51.3. The Morgan fingerprint density at radius 2 is 0.946 bits per heavy atom. The monoisotopic (exact) mass is 472 g/mol. The lowest BCUT2D eigenvalue weighted by Gasteiger charge is -2.16. The average molecular weight is 473 g/mol. The molecule has 0 aliphatic rings. The van der Waals surface area contributed by atoms with E-state index < -0.39 is 0 Å². The molecule has 37 heavy (non-hydrogen) atoms. The first-order chi connectivity index (χ1) is 18.4. The van der Waals surface area contributed by atoms with E-state index in [1.54, 1.807) is 0 Å². The Morgan fingerprint density at radius 1 is 0.432 bits per heavy atom. The molecular formula is C35H24N2. The van der Waals surface area contributed by atoms with E-state index in [9.17, 15) is 0 Å². The quantitative estimate of drug-likeness (QED) is 0.250. The minimum absolute atomic E-state index is 0.928. The zero-order valence-corrected chi connectivity index (χ0v) is 20.3. The smallest absolute Gasteiger partial charge is 0.145 e. The summed E-state index contributed by atoms with van der Waals surface area (Å²) in [5.74, 6) is 0.928. The van der Waals surface area contributed by atoms with E-state index in [0.29, 0.717) is 0 Å². The molecule has 0 atom stereocenters. The third-order valence-electron chi connectivity index (χ3n) is 7.01. The van der Waals surface area contributed by atoms with Gasteiger partial charge in [-0.2, -0.15) is 0 Å². The van der Waals surface area contributed by atoms with Gasteiger partial charge in [-0.25, -0.2) is 4.98 Å². The molecule has 174 valence electrons. The Labute approximate surface area is 216 Å². The fourth-order valence-electron chi connectivity index (χ4n) is 5.33. The maximum atomic E-state index is 5.42. The van der Waals surface area contributed by atoms with E-state index in [1.807, 2.05) is 0 Å². The zero-order chi connectivity index (χ0) is 24.6. The van der Waals surface area contributed by atoms with Gasteiger partial charge in [-0.1, -0.05) is 133 Å². The summed E-state index contributed by atoms with van der Waals surface area (Å²) in [5.41, 5.74) is 6.55. The highest BCUT2D eigenvalue weighted by molar-refractivity contribution is 6.04. The second-order valence-electron chi connectivity index (χ2n) is 9.22. The molecule has 0 aliphatic heterocycles. The van der Waals surface area contributed by atoms with Crippen molar-refractivity contribution in [2.45, 2.75) is 0 Å². The lowest BCUT2D eigenvalue weighted by Crippen LogP contribution is -2.00. The Kier molecular flexibility index (Phi) is 5.15. The molecular weight excluding hydrogens is 448 g/mol. The standard InChI is InChI=1S/C35H24N2/c1-3-15-27(16-4-1)35-36-33(31-23-11-17-25-13-7-9-21-29(25)31)34(37(35)28-19-5-2-6-20-28)32-24-12-18-26-14-8-10-22-30(26)32/h1-24H. The van der Waals surface area contributed by atoms with Gasteiger partial charge in [0, 0.05) is 22.4 Å². The molecule has 0 N–H and O–H groups in total.